The number of anilines is 6. The van der Waals surface area contributed by atoms with Crippen LogP contribution in [0.1, 0.15) is 30.4 Å². The first-order valence-electron chi connectivity index (χ1n) is 10.5. The van der Waals surface area contributed by atoms with Gasteiger partial charge in [-0.05, 0) is 66.8 Å². The van der Waals surface area contributed by atoms with Crippen molar-refractivity contribution in [2.75, 3.05) is 21.3 Å². The zero-order valence-corrected chi connectivity index (χ0v) is 17.9. The predicted molar refractivity (Wildman–Crippen MR) is 125 cm³/mol. The molecule has 162 valence electrons. The Morgan fingerprint density at radius 3 is 2.22 bits per heavy atom. The smallest absolute Gasteiger partial charge is 0.229 e. The number of aromatic nitrogens is 2. The summed E-state index contributed by atoms with van der Waals surface area (Å²) in [5.74, 6) is 0.962. The zero-order valence-electron chi connectivity index (χ0n) is 17.2. The highest BCUT2D eigenvalue weighted by Crippen LogP contribution is 2.30. The lowest BCUT2D eigenvalue weighted by atomic mass is 10.0. The largest absolute Gasteiger partial charge is 0.339 e. The monoisotopic (exact) mass is 448 g/mol. The van der Waals surface area contributed by atoms with E-state index in [1.165, 1.54) is 0 Å². The molecule has 9 heteroatoms. The number of benzene rings is 2. The molecule has 5 rings (SSSR count). The van der Waals surface area contributed by atoms with Crippen LogP contribution in [0.2, 0.25) is 5.02 Å². The van der Waals surface area contributed by atoms with Crippen LogP contribution in [0.3, 0.4) is 0 Å². The minimum Gasteiger partial charge on any atom is -0.339 e. The molecule has 0 bridgehead atoms. The summed E-state index contributed by atoms with van der Waals surface area (Å²) in [6, 6.07) is 11.5. The average Bonchev–Trinajstić information content (AvgIpc) is 2.96. The standard InChI is InChI=1S/C23H21ClN6O2/c24-17-12-25-23(27-16-6-8-19-14(11-16)4-9-21(32)29-19)30-22(17)26-15-5-7-18-13(10-15)2-1-3-20(31)28-18/h5-8,10-12H,1-4,9H2,(H,28,31)(H,29,32)(H2,25,26,27,30). The summed E-state index contributed by atoms with van der Waals surface area (Å²) in [6.07, 6.45) is 4.89. The van der Waals surface area contributed by atoms with E-state index in [2.05, 4.69) is 31.2 Å². The molecule has 32 heavy (non-hydrogen) atoms. The Hall–Kier alpha value is -3.65. The SMILES string of the molecule is O=C1CCCc2cc(Nc3nc(Nc4ccc5c(c4)CCC(=O)N5)ncc3Cl)ccc2N1. The van der Waals surface area contributed by atoms with E-state index in [1.54, 1.807) is 6.20 Å². The van der Waals surface area contributed by atoms with Crippen LogP contribution in [-0.2, 0) is 22.4 Å². The van der Waals surface area contributed by atoms with Crippen LogP contribution >= 0.6 is 11.6 Å². The van der Waals surface area contributed by atoms with Gasteiger partial charge >= 0.3 is 0 Å². The first kappa shape index (κ1) is 20.3. The van der Waals surface area contributed by atoms with Crippen molar-refractivity contribution in [2.45, 2.75) is 32.1 Å². The first-order valence-corrected chi connectivity index (χ1v) is 10.8. The Labute approximate surface area is 189 Å². The number of carbonyl (C=O) groups is 2. The van der Waals surface area contributed by atoms with E-state index in [0.717, 1.165) is 46.7 Å². The molecule has 0 atom stereocenters. The third kappa shape index (κ3) is 4.36. The predicted octanol–water partition coefficient (Wildman–Crippen LogP) is 4.78. The van der Waals surface area contributed by atoms with Gasteiger partial charge in [0.15, 0.2) is 5.82 Å². The van der Waals surface area contributed by atoms with Crippen LogP contribution in [0.15, 0.2) is 42.6 Å². The third-order valence-corrected chi connectivity index (χ3v) is 5.77. The summed E-state index contributed by atoms with van der Waals surface area (Å²) in [4.78, 5) is 32.1. The zero-order chi connectivity index (χ0) is 22.1. The van der Waals surface area contributed by atoms with Gasteiger partial charge in [-0.1, -0.05) is 11.6 Å². The molecule has 0 radical (unpaired) electrons. The number of halogens is 1. The lowest BCUT2D eigenvalue weighted by Gasteiger charge is -2.18. The summed E-state index contributed by atoms with van der Waals surface area (Å²) < 4.78 is 0. The minimum atomic E-state index is 0.0372. The van der Waals surface area contributed by atoms with Crippen molar-refractivity contribution in [3.63, 3.8) is 0 Å². The van der Waals surface area contributed by atoms with Gasteiger partial charge in [0, 0.05) is 35.6 Å². The summed E-state index contributed by atoms with van der Waals surface area (Å²) >= 11 is 6.33. The van der Waals surface area contributed by atoms with Gasteiger partial charge in [-0.3, -0.25) is 9.59 Å². The van der Waals surface area contributed by atoms with Crippen molar-refractivity contribution in [3.8, 4) is 0 Å². The van der Waals surface area contributed by atoms with Crippen molar-refractivity contribution >= 4 is 57.9 Å². The third-order valence-electron chi connectivity index (χ3n) is 5.49. The molecule has 2 aliphatic rings. The van der Waals surface area contributed by atoms with E-state index in [0.29, 0.717) is 36.1 Å². The van der Waals surface area contributed by atoms with Gasteiger partial charge in [-0.25, -0.2) is 4.98 Å². The minimum absolute atomic E-state index is 0.0372. The molecule has 3 aromatic rings. The maximum Gasteiger partial charge on any atom is 0.229 e. The van der Waals surface area contributed by atoms with Crippen LogP contribution in [0, 0.1) is 0 Å². The molecule has 3 heterocycles. The van der Waals surface area contributed by atoms with E-state index in [1.807, 2.05) is 36.4 Å². The normalized spacial score (nSPS) is 15.0. The van der Waals surface area contributed by atoms with Crippen molar-refractivity contribution < 1.29 is 9.59 Å². The average molecular weight is 449 g/mol. The quantitative estimate of drug-likeness (QED) is 0.457. The number of hydrogen-bond acceptors (Lipinski definition) is 6. The molecule has 2 amide bonds. The maximum absolute atomic E-state index is 11.8. The highest BCUT2D eigenvalue weighted by Gasteiger charge is 2.16. The highest BCUT2D eigenvalue weighted by molar-refractivity contribution is 6.32. The lowest BCUT2D eigenvalue weighted by molar-refractivity contribution is -0.117. The van der Waals surface area contributed by atoms with Crippen LogP contribution < -0.4 is 21.3 Å². The molecular weight excluding hydrogens is 428 g/mol. The van der Waals surface area contributed by atoms with Gasteiger partial charge in [0.25, 0.3) is 0 Å². The van der Waals surface area contributed by atoms with Gasteiger partial charge in [-0.2, -0.15) is 4.98 Å². The van der Waals surface area contributed by atoms with Gasteiger partial charge in [0.05, 0.1) is 6.20 Å². The van der Waals surface area contributed by atoms with E-state index in [9.17, 15) is 9.59 Å². The second-order valence-corrected chi connectivity index (χ2v) is 8.24. The number of fused-ring (bicyclic) bond motifs is 2. The van der Waals surface area contributed by atoms with Gasteiger partial charge < -0.3 is 21.3 Å². The fraction of sp³-hybridized carbons (Fsp3) is 0.217. The summed E-state index contributed by atoms with van der Waals surface area (Å²) in [5, 5.41) is 12.7. The summed E-state index contributed by atoms with van der Waals surface area (Å²) in [6.45, 7) is 0. The topological polar surface area (TPSA) is 108 Å². The molecule has 0 spiro atoms. The molecule has 0 saturated heterocycles. The molecule has 4 N–H and O–H groups in total. The second kappa shape index (κ2) is 8.47. The Morgan fingerprint density at radius 1 is 0.812 bits per heavy atom. The molecule has 1 aromatic heterocycles. The van der Waals surface area contributed by atoms with Gasteiger partial charge in [0.2, 0.25) is 17.8 Å². The maximum atomic E-state index is 11.8. The van der Waals surface area contributed by atoms with E-state index >= 15 is 0 Å². The molecule has 0 fully saturated rings. The lowest BCUT2D eigenvalue weighted by Crippen LogP contribution is -2.18. The fourth-order valence-electron chi connectivity index (χ4n) is 3.89. The Kier molecular flexibility index (Phi) is 5.36. The summed E-state index contributed by atoms with van der Waals surface area (Å²) in [7, 11) is 0. The molecular formula is C23H21ClN6O2. The van der Waals surface area contributed by atoms with Crippen LogP contribution in [0.4, 0.5) is 34.5 Å². The second-order valence-electron chi connectivity index (χ2n) is 7.83. The molecule has 0 saturated carbocycles. The van der Waals surface area contributed by atoms with Crippen molar-refractivity contribution in [2.24, 2.45) is 0 Å². The Bertz CT molecular complexity index is 1230. The number of hydrogen-bond donors (Lipinski definition) is 4. The van der Waals surface area contributed by atoms with E-state index in [-0.39, 0.29) is 11.8 Å². The van der Waals surface area contributed by atoms with Crippen molar-refractivity contribution in [3.05, 3.63) is 58.7 Å². The Morgan fingerprint density at radius 2 is 1.47 bits per heavy atom. The van der Waals surface area contributed by atoms with Gasteiger partial charge in [-0.15, -0.1) is 0 Å². The van der Waals surface area contributed by atoms with Crippen molar-refractivity contribution in [1.29, 1.82) is 0 Å². The van der Waals surface area contributed by atoms with Crippen LogP contribution in [0.25, 0.3) is 0 Å². The van der Waals surface area contributed by atoms with Crippen LogP contribution in [-0.4, -0.2) is 21.8 Å². The van der Waals surface area contributed by atoms with E-state index in [4.69, 9.17) is 11.6 Å². The number of carbonyl (C=O) groups excluding carboxylic acids is 2. The molecule has 8 nitrogen and oxygen atoms in total. The molecule has 0 aliphatic carbocycles. The fourth-order valence-corrected chi connectivity index (χ4v) is 4.03. The number of amides is 2. The molecule has 2 aromatic carbocycles. The number of aryl methyl sites for hydroxylation is 2. The Balaban J connectivity index is 1.35. The van der Waals surface area contributed by atoms with E-state index < -0.39 is 0 Å². The summed E-state index contributed by atoms with van der Waals surface area (Å²) in [5.41, 5.74) is 5.48. The first-order chi connectivity index (χ1) is 15.5. The number of rotatable bonds is 4. The number of nitrogens with zero attached hydrogens (tertiary/aromatic N) is 2. The molecule has 0 unspecified atom stereocenters. The number of nitrogens with one attached hydrogen (secondary N) is 4. The molecule has 2 aliphatic heterocycles. The van der Waals surface area contributed by atoms with Crippen LogP contribution in [0.5, 0.6) is 0 Å². The van der Waals surface area contributed by atoms with Gasteiger partial charge in [0.1, 0.15) is 5.02 Å². The van der Waals surface area contributed by atoms with Crippen molar-refractivity contribution in [1.82, 2.24) is 9.97 Å². The highest BCUT2D eigenvalue weighted by atomic mass is 35.5.